The van der Waals surface area contributed by atoms with Crippen LogP contribution in [0, 0.1) is 0 Å². The summed E-state index contributed by atoms with van der Waals surface area (Å²) in [5.74, 6) is 1.25. The molecule has 158 valence electrons. The van der Waals surface area contributed by atoms with Gasteiger partial charge in [-0.2, -0.15) is 9.78 Å². The minimum absolute atomic E-state index is 0.0402. The number of nitrogens with zero attached hydrogens (tertiary/aromatic N) is 3. The Morgan fingerprint density at radius 1 is 1.19 bits per heavy atom. The highest BCUT2D eigenvalue weighted by Gasteiger charge is 2.18. The number of H-pyrrole nitrogens is 1. The quantitative estimate of drug-likeness (QED) is 0.475. The normalized spacial score (nSPS) is 10.9. The molecule has 4 aromatic rings. The van der Waals surface area contributed by atoms with Crippen LogP contribution in [0.3, 0.4) is 0 Å². The lowest BCUT2D eigenvalue weighted by atomic mass is 10.1. The van der Waals surface area contributed by atoms with E-state index in [2.05, 4.69) is 20.4 Å². The van der Waals surface area contributed by atoms with E-state index >= 15 is 0 Å². The summed E-state index contributed by atoms with van der Waals surface area (Å²) in [6.45, 7) is 3.68. The van der Waals surface area contributed by atoms with Gasteiger partial charge in [-0.05, 0) is 30.2 Å². The molecular weight excluding hydrogens is 398 g/mol. The van der Waals surface area contributed by atoms with Gasteiger partial charge in [0.2, 0.25) is 5.95 Å². The molecule has 0 aliphatic carbocycles. The number of para-hydroxylation sites is 1. The Morgan fingerprint density at radius 2 is 2.00 bits per heavy atom. The van der Waals surface area contributed by atoms with Crippen molar-refractivity contribution in [3.63, 3.8) is 0 Å². The van der Waals surface area contributed by atoms with Crippen LogP contribution in [0.4, 0.5) is 5.82 Å². The molecule has 0 saturated carbocycles. The van der Waals surface area contributed by atoms with Crippen LogP contribution in [0.25, 0.3) is 17.4 Å². The number of aromatic amines is 1. The zero-order chi connectivity index (χ0) is 21.8. The van der Waals surface area contributed by atoms with Gasteiger partial charge >= 0.3 is 0 Å². The zero-order valence-corrected chi connectivity index (χ0v) is 17.0. The van der Waals surface area contributed by atoms with E-state index in [1.807, 2.05) is 32.0 Å². The molecule has 0 aliphatic rings. The Morgan fingerprint density at radius 3 is 2.71 bits per heavy atom. The summed E-state index contributed by atoms with van der Waals surface area (Å²) in [5, 5.41) is 7.23. The smallest absolute Gasteiger partial charge is 0.263 e. The molecular formula is C22H21N5O4. The number of aromatic nitrogens is 4. The summed E-state index contributed by atoms with van der Waals surface area (Å²) in [6.07, 6.45) is 1.53. The van der Waals surface area contributed by atoms with Crippen molar-refractivity contribution in [1.82, 2.24) is 19.7 Å². The number of furan rings is 1. The minimum Gasteiger partial charge on any atom is -0.484 e. The predicted molar refractivity (Wildman–Crippen MR) is 114 cm³/mol. The average Bonchev–Trinajstić information content (AvgIpc) is 3.42. The van der Waals surface area contributed by atoms with Gasteiger partial charge < -0.3 is 14.5 Å². The Bertz CT molecular complexity index is 1230. The van der Waals surface area contributed by atoms with E-state index in [-0.39, 0.29) is 24.0 Å². The maximum absolute atomic E-state index is 12.5. The number of carbonyl (C=O) groups excluding carboxylic acids is 1. The van der Waals surface area contributed by atoms with Gasteiger partial charge in [0.15, 0.2) is 12.4 Å². The second kappa shape index (κ2) is 8.70. The number of anilines is 1. The van der Waals surface area contributed by atoms with Crippen molar-refractivity contribution >= 4 is 11.7 Å². The number of benzene rings is 1. The van der Waals surface area contributed by atoms with Crippen LogP contribution >= 0.6 is 0 Å². The first-order chi connectivity index (χ1) is 15.0. The number of carbonyl (C=O) groups is 1. The lowest BCUT2D eigenvalue weighted by molar-refractivity contribution is -0.118. The van der Waals surface area contributed by atoms with E-state index < -0.39 is 5.91 Å². The molecule has 0 radical (unpaired) electrons. The predicted octanol–water partition coefficient (Wildman–Crippen LogP) is 3.36. The number of ether oxygens (including phenoxy) is 1. The molecule has 0 spiro atoms. The molecule has 0 aliphatic heterocycles. The highest BCUT2D eigenvalue weighted by Crippen LogP contribution is 2.24. The summed E-state index contributed by atoms with van der Waals surface area (Å²) < 4.78 is 12.3. The van der Waals surface area contributed by atoms with Crippen LogP contribution in [0.5, 0.6) is 5.75 Å². The number of amides is 1. The van der Waals surface area contributed by atoms with Gasteiger partial charge in [-0.3, -0.25) is 14.6 Å². The number of hydrogen-bond acceptors (Lipinski definition) is 6. The summed E-state index contributed by atoms with van der Waals surface area (Å²) in [4.78, 5) is 31.8. The first kappa shape index (κ1) is 20.1. The molecule has 31 heavy (non-hydrogen) atoms. The largest absolute Gasteiger partial charge is 0.484 e. The highest BCUT2D eigenvalue weighted by atomic mass is 16.5. The molecule has 0 saturated heterocycles. The molecule has 9 heteroatoms. The fourth-order valence-corrected chi connectivity index (χ4v) is 2.88. The van der Waals surface area contributed by atoms with E-state index in [1.165, 1.54) is 17.0 Å². The zero-order valence-electron chi connectivity index (χ0n) is 17.0. The van der Waals surface area contributed by atoms with Crippen LogP contribution in [0.2, 0.25) is 0 Å². The Kier molecular flexibility index (Phi) is 5.65. The van der Waals surface area contributed by atoms with E-state index in [1.54, 1.807) is 30.3 Å². The fourth-order valence-electron chi connectivity index (χ4n) is 2.88. The highest BCUT2D eigenvalue weighted by molar-refractivity contribution is 5.91. The van der Waals surface area contributed by atoms with Crippen molar-refractivity contribution in [2.24, 2.45) is 0 Å². The van der Waals surface area contributed by atoms with Gasteiger partial charge in [-0.15, -0.1) is 0 Å². The van der Waals surface area contributed by atoms with Gasteiger partial charge in [0, 0.05) is 12.1 Å². The topological polar surface area (TPSA) is 115 Å². The van der Waals surface area contributed by atoms with E-state index in [4.69, 9.17) is 9.15 Å². The maximum Gasteiger partial charge on any atom is 0.263 e. The number of hydrogen-bond donors (Lipinski definition) is 2. The Balaban J connectivity index is 1.65. The molecule has 9 nitrogen and oxygen atoms in total. The van der Waals surface area contributed by atoms with Crippen LogP contribution in [0.1, 0.15) is 25.5 Å². The van der Waals surface area contributed by atoms with Crippen LogP contribution in [-0.4, -0.2) is 32.3 Å². The van der Waals surface area contributed by atoms with Crippen LogP contribution in [0.15, 0.2) is 70.1 Å². The number of rotatable bonds is 7. The SMILES string of the molecule is CC(C)c1cc(=O)[nH]c(-n2nc(-c3ccco3)cc2NC(=O)COc2ccccc2)n1. The molecule has 0 unspecified atom stereocenters. The van der Waals surface area contributed by atoms with Gasteiger partial charge in [0.25, 0.3) is 11.5 Å². The summed E-state index contributed by atoms with van der Waals surface area (Å²) >= 11 is 0. The number of nitrogens with one attached hydrogen (secondary N) is 2. The van der Waals surface area contributed by atoms with E-state index in [9.17, 15) is 9.59 Å². The minimum atomic E-state index is -0.390. The first-order valence-electron chi connectivity index (χ1n) is 9.73. The molecule has 3 heterocycles. The molecule has 0 atom stereocenters. The third kappa shape index (κ3) is 4.72. The lowest BCUT2D eigenvalue weighted by Crippen LogP contribution is -2.23. The average molecular weight is 419 g/mol. The molecule has 4 rings (SSSR count). The molecule has 2 N–H and O–H groups in total. The second-order valence-corrected chi connectivity index (χ2v) is 7.10. The van der Waals surface area contributed by atoms with Crippen LogP contribution in [-0.2, 0) is 4.79 Å². The molecule has 1 aromatic carbocycles. The second-order valence-electron chi connectivity index (χ2n) is 7.10. The monoisotopic (exact) mass is 419 g/mol. The third-order valence-electron chi connectivity index (χ3n) is 4.40. The van der Waals surface area contributed by atoms with Gasteiger partial charge in [0.05, 0.1) is 12.0 Å². The van der Waals surface area contributed by atoms with Crippen molar-refractivity contribution in [3.05, 3.63) is 76.9 Å². The lowest BCUT2D eigenvalue weighted by Gasteiger charge is -2.10. The van der Waals surface area contributed by atoms with Gasteiger partial charge in [-0.1, -0.05) is 32.0 Å². The van der Waals surface area contributed by atoms with Gasteiger partial charge in [-0.25, -0.2) is 4.98 Å². The molecule has 0 fully saturated rings. The first-order valence-corrected chi connectivity index (χ1v) is 9.73. The van der Waals surface area contributed by atoms with Crippen molar-refractivity contribution < 1.29 is 13.9 Å². The summed E-state index contributed by atoms with van der Waals surface area (Å²) in [6, 6.07) is 15.6. The van der Waals surface area contributed by atoms with E-state index in [0.717, 1.165) is 0 Å². The van der Waals surface area contributed by atoms with Crippen molar-refractivity contribution in [2.75, 3.05) is 11.9 Å². The fraction of sp³-hybridized carbons (Fsp3) is 0.182. The standard InChI is InChI=1S/C22H21N5O4/c1-14(2)16-12-20(28)25-22(23-16)27-19(11-17(26-27)18-9-6-10-30-18)24-21(29)13-31-15-7-4-3-5-8-15/h3-12,14H,13H2,1-2H3,(H,24,29)(H,23,25,28). The van der Waals surface area contributed by atoms with Crippen molar-refractivity contribution in [3.8, 4) is 23.2 Å². The molecule has 3 aromatic heterocycles. The summed E-state index contributed by atoms with van der Waals surface area (Å²) in [5.41, 5.74) is 0.772. The van der Waals surface area contributed by atoms with Crippen molar-refractivity contribution in [2.45, 2.75) is 19.8 Å². The van der Waals surface area contributed by atoms with Gasteiger partial charge in [0.1, 0.15) is 17.3 Å². The van der Waals surface area contributed by atoms with E-state index in [0.29, 0.717) is 28.7 Å². The molecule has 1 amide bonds. The maximum atomic E-state index is 12.5. The Labute approximate surface area is 177 Å². The van der Waals surface area contributed by atoms with Crippen LogP contribution < -0.4 is 15.6 Å². The Hall–Kier alpha value is -4.14. The summed E-state index contributed by atoms with van der Waals surface area (Å²) in [7, 11) is 0. The third-order valence-corrected chi connectivity index (χ3v) is 4.40. The van der Waals surface area contributed by atoms with Crippen molar-refractivity contribution in [1.29, 1.82) is 0 Å². The molecule has 0 bridgehead atoms.